The monoisotopic (exact) mass is 340 g/mol. The van der Waals surface area contributed by atoms with Crippen LogP contribution in [0.5, 0.6) is 0 Å². The quantitative estimate of drug-likeness (QED) is 0.667. The van der Waals surface area contributed by atoms with E-state index in [0.717, 1.165) is 24.8 Å². The molecule has 0 bridgehead atoms. The summed E-state index contributed by atoms with van der Waals surface area (Å²) in [6, 6.07) is 8.32. The summed E-state index contributed by atoms with van der Waals surface area (Å²) in [6.07, 6.45) is 6.47. The molecule has 130 valence electrons. The largest absolute Gasteiger partial charge is 0.375 e. The van der Waals surface area contributed by atoms with Gasteiger partial charge in [0.1, 0.15) is 5.69 Å². The molecular formula is C18H20N4O3. The smallest absolute Gasteiger partial charge is 0.293 e. The molecular weight excluding hydrogens is 320 g/mol. The Labute approximate surface area is 145 Å². The van der Waals surface area contributed by atoms with E-state index < -0.39 is 4.92 Å². The molecule has 1 aliphatic rings. The Bertz CT molecular complexity index is 758. The fourth-order valence-electron chi connectivity index (χ4n) is 2.94. The van der Waals surface area contributed by atoms with Gasteiger partial charge in [-0.2, -0.15) is 0 Å². The summed E-state index contributed by atoms with van der Waals surface area (Å²) in [7, 11) is 0. The van der Waals surface area contributed by atoms with Crippen molar-refractivity contribution in [2.24, 2.45) is 0 Å². The molecule has 0 radical (unpaired) electrons. The van der Waals surface area contributed by atoms with Crippen molar-refractivity contribution in [1.82, 2.24) is 9.88 Å². The van der Waals surface area contributed by atoms with Crippen LogP contribution >= 0.6 is 0 Å². The van der Waals surface area contributed by atoms with Gasteiger partial charge in [0, 0.05) is 43.7 Å². The van der Waals surface area contributed by atoms with Gasteiger partial charge in [-0.05, 0) is 43.0 Å². The summed E-state index contributed by atoms with van der Waals surface area (Å²) < 4.78 is 0. The molecule has 25 heavy (non-hydrogen) atoms. The maximum Gasteiger partial charge on any atom is 0.293 e. The van der Waals surface area contributed by atoms with E-state index in [1.807, 2.05) is 12.1 Å². The Morgan fingerprint density at radius 1 is 1.24 bits per heavy atom. The second kappa shape index (κ2) is 7.74. The third kappa shape index (κ3) is 4.12. The van der Waals surface area contributed by atoms with Crippen molar-refractivity contribution in [1.29, 1.82) is 0 Å². The molecule has 0 aliphatic carbocycles. The number of nitrogens with zero attached hydrogens (tertiary/aromatic N) is 3. The zero-order valence-corrected chi connectivity index (χ0v) is 13.9. The van der Waals surface area contributed by atoms with Gasteiger partial charge in [0.15, 0.2) is 0 Å². The molecule has 3 rings (SSSR count). The molecule has 1 aromatic carbocycles. The minimum absolute atomic E-state index is 0.0910. The third-order valence-corrected chi connectivity index (χ3v) is 4.29. The van der Waals surface area contributed by atoms with Crippen molar-refractivity contribution < 1.29 is 9.72 Å². The number of anilines is 1. The fourth-order valence-corrected chi connectivity index (χ4v) is 2.94. The Kier molecular flexibility index (Phi) is 5.23. The second-order valence-electron chi connectivity index (χ2n) is 6.06. The van der Waals surface area contributed by atoms with Crippen molar-refractivity contribution in [3.8, 4) is 0 Å². The molecule has 1 amide bonds. The number of hydrogen-bond acceptors (Lipinski definition) is 5. The first-order valence-corrected chi connectivity index (χ1v) is 8.35. The first-order chi connectivity index (χ1) is 12.1. The third-order valence-electron chi connectivity index (χ3n) is 4.29. The number of pyridine rings is 1. The first-order valence-electron chi connectivity index (χ1n) is 8.35. The fraction of sp³-hybridized carbons (Fsp3) is 0.333. The number of nitro groups is 1. The molecule has 0 atom stereocenters. The van der Waals surface area contributed by atoms with Gasteiger partial charge in [0.2, 0.25) is 0 Å². The second-order valence-corrected chi connectivity index (χ2v) is 6.06. The van der Waals surface area contributed by atoms with Gasteiger partial charge < -0.3 is 10.2 Å². The van der Waals surface area contributed by atoms with Gasteiger partial charge in [-0.1, -0.05) is 6.07 Å². The van der Waals surface area contributed by atoms with E-state index in [2.05, 4.69) is 10.3 Å². The predicted molar refractivity (Wildman–Crippen MR) is 94.4 cm³/mol. The van der Waals surface area contributed by atoms with E-state index in [9.17, 15) is 14.9 Å². The van der Waals surface area contributed by atoms with Crippen LogP contribution in [0.3, 0.4) is 0 Å². The minimum atomic E-state index is -0.460. The summed E-state index contributed by atoms with van der Waals surface area (Å²) in [5.41, 5.74) is 1.58. The maximum absolute atomic E-state index is 12.5. The number of benzene rings is 1. The molecule has 1 fully saturated rings. The molecule has 7 nitrogen and oxygen atoms in total. The summed E-state index contributed by atoms with van der Waals surface area (Å²) in [5.74, 6) is -0.137. The SMILES string of the molecule is O=C(c1ccc(NCc2cccnc2)c([N+](=O)[O-])c1)N1CCCCC1. The summed E-state index contributed by atoms with van der Waals surface area (Å²) in [6.45, 7) is 1.86. The normalized spacial score (nSPS) is 14.2. The number of piperidine rings is 1. The molecule has 1 N–H and O–H groups in total. The van der Waals surface area contributed by atoms with E-state index in [4.69, 9.17) is 0 Å². The number of carbonyl (C=O) groups excluding carboxylic acids is 1. The Morgan fingerprint density at radius 2 is 2.04 bits per heavy atom. The molecule has 7 heteroatoms. The lowest BCUT2D eigenvalue weighted by atomic mass is 10.1. The number of aromatic nitrogens is 1. The van der Waals surface area contributed by atoms with Crippen LogP contribution in [0.25, 0.3) is 0 Å². The van der Waals surface area contributed by atoms with Gasteiger partial charge in [0.25, 0.3) is 11.6 Å². The summed E-state index contributed by atoms with van der Waals surface area (Å²) >= 11 is 0. The maximum atomic E-state index is 12.5. The van der Waals surface area contributed by atoms with Gasteiger partial charge in [-0.15, -0.1) is 0 Å². The lowest BCUT2D eigenvalue weighted by Gasteiger charge is -2.26. The standard InChI is InChI=1S/C18H20N4O3/c23-18(21-9-2-1-3-10-21)15-6-7-16(17(11-15)22(24)25)20-13-14-5-4-8-19-12-14/h4-8,11-12,20H,1-3,9-10,13H2. The molecule has 1 aromatic heterocycles. The van der Waals surface area contributed by atoms with E-state index in [1.54, 1.807) is 29.4 Å². The van der Waals surface area contributed by atoms with Gasteiger partial charge >= 0.3 is 0 Å². The van der Waals surface area contributed by atoms with Crippen LogP contribution in [0.2, 0.25) is 0 Å². The van der Waals surface area contributed by atoms with E-state index in [0.29, 0.717) is 30.9 Å². The summed E-state index contributed by atoms with van der Waals surface area (Å²) in [4.78, 5) is 29.3. The van der Waals surface area contributed by atoms with Crippen LogP contribution < -0.4 is 5.32 Å². The van der Waals surface area contributed by atoms with Crippen LogP contribution in [0.15, 0.2) is 42.7 Å². The Hall–Kier alpha value is -2.96. The van der Waals surface area contributed by atoms with E-state index in [1.165, 1.54) is 6.07 Å². The van der Waals surface area contributed by atoms with Gasteiger partial charge in [0.05, 0.1) is 4.92 Å². The number of hydrogen-bond donors (Lipinski definition) is 1. The van der Waals surface area contributed by atoms with Crippen LogP contribution in [0.1, 0.15) is 35.2 Å². The van der Waals surface area contributed by atoms with Crippen molar-refractivity contribution >= 4 is 17.3 Å². The highest BCUT2D eigenvalue weighted by Gasteiger charge is 2.22. The number of carbonyl (C=O) groups is 1. The number of nitro benzene ring substituents is 1. The summed E-state index contributed by atoms with van der Waals surface area (Å²) in [5, 5.41) is 14.5. The highest BCUT2D eigenvalue weighted by Crippen LogP contribution is 2.27. The number of nitrogens with one attached hydrogen (secondary N) is 1. The van der Waals surface area contributed by atoms with Gasteiger partial charge in [-0.3, -0.25) is 19.9 Å². The molecule has 2 heterocycles. The highest BCUT2D eigenvalue weighted by molar-refractivity contribution is 5.95. The Balaban J connectivity index is 1.78. The molecule has 2 aromatic rings. The average Bonchev–Trinajstić information content (AvgIpc) is 2.67. The molecule has 1 aliphatic heterocycles. The van der Waals surface area contributed by atoms with Crippen LogP contribution in [-0.4, -0.2) is 33.8 Å². The lowest BCUT2D eigenvalue weighted by molar-refractivity contribution is -0.384. The number of likely N-dealkylation sites (tertiary alicyclic amines) is 1. The number of amides is 1. The zero-order valence-electron chi connectivity index (χ0n) is 13.9. The average molecular weight is 340 g/mol. The Morgan fingerprint density at radius 3 is 2.72 bits per heavy atom. The molecule has 0 spiro atoms. The minimum Gasteiger partial charge on any atom is -0.375 e. The van der Waals surface area contributed by atoms with Crippen LogP contribution in [-0.2, 0) is 6.54 Å². The highest BCUT2D eigenvalue weighted by atomic mass is 16.6. The molecule has 0 unspecified atom stereocenters. The zero-order chi connectivity index (χ0) is 17.6. The van der Waals surface area contributed by atoms with Crippen molar-refractivity contribution in [2.75, 3.05) is 18.4 Å². The van der Waals surface area contributed by atoms with E-state index in [-0.39, 0.29) is 11.6 Å². The molecule has 0 saturated carbocycles. The first kappa shape index (κ1) is 16.9. The van der Waals surface area contributed by atoms with Crippen molar-refractivity contribution in [2.45, 2.75) is 25.8 Å². The van der Waals surface area contributed by atoms with E-state index >= 15 is 0 Å². The van der Waals surface area contributed by atoms with Crippen molar-refractivity contribution in [3.05, 3.63) is 64.0 Å². The van der Waals surface area contributed by atoms with Crippen molar-refractivity contribution in [3.63, 3.8) is 0 Å². The lowest BCUT2D eigenvalue weighted by Crippen LogP contribution is -2.35. The van der Waals surface area contributed by atoms with Crippen LogP contribution in [0, 0.1) is 10.1 Å². The predicted octanol–water partition coefficient (Wildman–Crippen LogP) is 3.23. The van der Waals surface area contributed by atoms with Crippen LogP contribution in [0.4, 0.5) is 11.4 Å². The molecule has 1 saturated heterocycles. The topological polar surface area (TPSA) is 88.4 Å². The number of rotatable bonds is 5. The van der Waals surface area contributed by atoms with Gasteiger partial charge in [-0.25, -0.2) is 0 Å².